The van der Waals surface area contributed by atoms with Gasteiger partial charge < -0.3 is 4.42 Å². The number of nitrogens with one attached hydrogen (secondary N) is 1. The summed E-state index contributed by atoms with van der Waals surface area (Å²) in [7, 11) is 0. The van der Waals surface area contributed by atoms with Crippen molar-refractivity contribution in [3.05, 3.63) is 69.2 Å². The summed E-state index contributed by atoms with van der Waals surface area (Å²) >= 11 is 6.04. The van der Waals surface area contributed by atoms with Crippen molar-refractivity contribution in [3.8, 4) is 11.5 Å². The zero-order valence-corrected chi connectivity index (χ0v) is 12.7. The highest BCUT2D eigenvalue weighted by Crippen LogP contribution is 2.27. The fourth-order valence-corrected chi connectivity index (χ4v) is 2.16. The molecule has 0 aliphatic heterocycles. The van der Waals surface area contributed by atoms with E-state index in [0.29, 0.717) is 10.6 Å². The van der Waals surface area contributed by atoms with E-state index in [1.54, 1.807) is 24.3 Å². The summed E-state index contributed by atoms with van der Waals surface area (Å²) in [5.74, 6) is -0.456. The van der Waals surface area contributed by atoms with E-state index in [1.807, 2.05) is 0 Å². The summed E-state index contributed by atoms with van der Waals surface area (Å²) in [6.07, 6.45) is 0. The number of halogens is 1. The third-order valence-electron chi connectivity index (χ3n) is 3.07. The number of nitro groups is 1. The number of carbonyl (C=O) groups excluding carboxylic acids is 1. The summed E-state index contributed by atoms with van der Waals surface area (Å²) < 4.78 is 5.35. The van der Waals surface area contributed by atoms with Crippen molar-refractivity contribution in [1.29, 1.82) is 0 Å². The molecule has 1 heterocycles. The lowest BCUT2D eigenvalue weighted by molar-refractivity contribution is -0.384. The van der Waals surface area contributed by atoms with E-state index in [1.165, 1.54) is 18.2 Å². The normalized spacial score (nSPS) is 10.4. The SMILES string of the molecule is O=C(Nc1nnc(-c2ccccc2Cl)o1)c1cccc([N+](=O)[O-])c1. The average Bonchev–Trinajstić information content (AvgIpc) is 3.03. The molecule has 0 saturated heterocycles. The highest BCUT2D eigenvalue weighted by molar-refractivity contribution is 6.33. The average molecular weight is 345 g/mol. The van der Waals surface area contributed by atoms with Crippen molar-refractivity contribution in [1.82, 2.24) is 10.2 Å². The Hall–Kier alpha value is -3.26. The molecule has 0 aliphatic carbocycles. The van der Waals surface area contributed by atoms with Crippen LogP contribution in [0.2, 0.25) is 5.02 Å². The number of non-ortho nitro benzene ring substituents is 1. The molecule has 3 rings (SSSR count). The maximum Gasteiger partial charge on any atom is 0.322 e. The molecule has 24 heavy (non-hydrogen) atoms. The third-order valence-corrected chi connectivity index (χ3v) is 3.40. The van der Waals surface area contributed by atoms with Gasteiger partial charge in [-0.3, -0.25) is 20.2 Å². The van der Waals surface area contributed by atoms with Gasteiger partial charge in [0.2, 0.25) is 0 Å². The molecule has 0 saturated carbocycles. The van der Waals surface area contributed by atoms with Crippen molar-refractivity contribution in [3.63, 3.8) is 0 Å². The van der Waals surface area contributed by atoms with Gasteiger partial charge in [-0.05, 0) is 18.2 Å². The van der Waals surface area contributed by atoms with Gasteiger partial charge in [-0.1, -0.05) is 34.9 Å². The van der Waals surface area contributed by atoms with Crippen LogP contribution in [0.5, 0.6) is 0 Å². The predicted octanol–water partition coefficient (Wildman–Crippen LogP) is 3.55. The Kier molecular flexibility index (Phi) is 4.21. The lowest BCUT2D eigenvalue weighted by Crippen LogP contribution is -2.12. The number of nitrogens with zero attached hydrogens (tertiary/aromatic N) is 3. The van der Waals surface area contributed by atoms with E-state index >= 15 is 0 Å². The van der Waals surface area contributed by atoms with Crippen molar-refractivity contribution in [2.75, 3.05) is 5.32 Å². The van der Waals surface area contributed by atoms with Crippen LogP contribution in [0.4, 0.5) is 11.7 Å². The molecule has 0 aliphatic rings. The van der Waals surface area contributed by atoms with Crippen molar-refractivity contribution < 1.29 is 14.1 Å². The van der Waals surface area contributed by atoms with Gasteiger partial charge in [-0.25, -0.2) is 0 Å². The number of hydrogen-bond donors (Lipinski definition) is 1. The number of hydrogen-bond acceptors (Lipinski definition) is 6. The fourth-order valence-electron chi connectivity index (χ4n) is 1.95. The van der Waals surface area contributed by atoms with Crippen LogP contribution >= 0.6 is 11.6 Å². The molecule has 0 atom stereocenters. The second kappa shape index (κ2) is 6.47. The lowest BCUT2D eigenvalue weighted by atomic mass is 10.2. The van der Waals surface area contributed by atoms with Gasteiger partial charge in [0.25, 0.3) is 17.5 Å². The van der Waals surface area contributed by atoms with Gasteiger partial charge in [0.05, 0.1) is 15.5 Å². The maximum absolute atomic E-state index is 12.1. The number of aromatic nitrogens is 2. The molecule has 8 nitrogen and oxygen atoms in total. The molecule has 0 unspecified atom stereocenters. The Balaban J connectivity index is 1.80. The smallest absolute Gasteiger partial charge is 0.322 e. The van der Waals surface area contributed by atoms with E-state index in [4.69, 9.17) is 16.0 Å². The minimum absolute atomic E-state index is 0.0988. The molecule has 3 aromatic rings. The quantitative estimate of drug-likeness (QED) is 0.572. The van der Waals surface area contributed by atoms with Gasteiger partial charge in [-0.2, -0.15) is 0 Å². The molecule has 0 spiro atoms. The van der Waals surface area contributed by atoms with Gasteiger partial charge in [0.15, 0.2) is 0 Å². The van der Waals surface area contributed by atoms with Crippen LogP contribution in [-0.4, -0.2) is 21.0 Å². The molecule has 0 radical (unpaired) electrons. The first-order valence-electron chi connectivity index (χ1n) is 6.69. The topological polar surface area (TPSA) is 111 Å². The molecule has 9 heteroatoms. The standard InChI is InChI=1S/C15H9ClN4O4/c16-12-7-2-1-6-11(12)14-18-19-15(24-14)17-13(21)9-4-3-5-10(8-9)20(22)23/h1-8H,(H,17,19,21). The number of rotatable bonds is 4. The minimum Gasteiger partial charge on any atom is -0.403 e. The molecule has 2 aromatic carbocycles. The maximum atomic E-state index is 12.1. The van der Waals surface area contributed by atoms with Crippen molar-refractivity contribution >= 4 is 29.2 Å². The summed E-state index contributed by atoms with van der Waals surface area (Å²) in [5, 5.41) is 21.1. The van der Waals surface area contributed by atoms with Crippen LogP contribution in [-0.2, 0) is 0 Å². The van der Waals surface area contributed by atoms with Crippen LogP contribution in [0.3, 0.4) is 0 Å². The van der Waals surface area contributed by atoms with Gasteiger partial charge >= 0.3 is 6.01 Å². The van der Waals surface area contributed by atoms with Crippen molar-refractivity contribution in [2.24, 2.45) is 0 Å². The molecular weight excluding hydrogens is 336 g/mol. The van der Waals surface area contributed by atoms with Crippen molar-refractivity contribution in [2.45, 2.75) is 0 Å². The zero-order valence-electron chi connectivity index (χ0n) is 12.0. The number of amides is 1. The number of anilines is 1. The lowest BCUT2D eigenvalue weighted by Gasteiger charge is -2.00. The Morgan fingerprint density at radius 3 is 2.71 bits per heavy atom. The van der Waals surface area contributed by atoms with E-state index in [9.17, 15) is 14.9 Å². The van der Waals surface area contributed by atoms with E-state index < -0.39 is 10.8 Å². The zero-order chi connectivity index (χ0) is 17.1. The molecule has 1 N–H and O–H groups in total. The summed E-state index contributed by atoms with van der Waals surface area (Å²) in [6, 6.07) is 12.0. The van der Waals surface area contributed by atoms with Gasteiger partial charge in [0, 0.05) is 17.7 Å². The number of carbonyl (C=O) groups is 1. The van der Waals surface area contributed by atoms with Crippen LogP contribution in [0.25, 0.3) is 11.5 Å². The summed E-state index contributed by atoms with van der Waals surface area (Å²) in [4.78, 5) is 22.3. The first-order valence-corrected chi connectivity index (χ1v) is 7.06. The highest BCUT2D eigenvalue weighted by Gasteiger charge is 2.16. The number of benzene rings is 2. The number of nitro benzene ring substituents is 1. The molecule has 0 bridgehead atoms. The van der Waals surface area contributed by atoms with Crippen LogP contribution in [0.15, 0.2) is 52.9 Å². The van der Waals surface area contributed by atoms with E-state index in [0.717, 1.165) is 6.07 Å². The van der Waals surface area contributed by atoms with Crippen LogP contribution in [0.1, 0.15) is 10.4 Å². The van der Waals surface area contributed by atoms with E-state index in [2.05, 4.69) is 15.5 Å². The molecule has 1 aromatic heterocycles. The Morgan fingerprint density at radius 1 is 1.17 bits per heavy atom. The fraction of sp³-hybridized carbons (Fsp3) is 0. The molecule has 1 amide bonds. The predicted molar refractivity (Wildman–Crippen MR) is 85.8 cm³/mol. The molecule has 0 fully saturated rings. The first kappa shape index (κ1) is 15.6. The largest absolute Gasteiger partial charge is 0.403 e. The van der Waals surface area contributed by atoms with E-state index in [-0.39, 0.29) is 23.2 Å². The van der Waals surface area contributed by atoms with Crippen LogP contribution < -0.4 is 5.32 Å². The van der Waals surface area contributed by atoms with Crippen LogP contribution in [0, 0.1) is 10.1 Å². The Bertz CT molecular complexity index is 925. The molecular formula is C15H9ClN4O4. The van der Waals surface area contributed by atoms with Gasteiger partial charge in [-0.15, -0.1) is 5.10 Å². The third kappa shape index (κ3) is 3.23. The van der Waals surface area contributed by atoms with Gasteiger partial charge in [0.1, 0.15) is 0 Å². The summed E-state index contributed by atoms with van der Waals surface area (Å²) in [5.41, 5.74) is 0.439. The highest BCUT2D eigenvalue weighted by atomic mass is 35.5. The minimum atomic E-state index is -0.604. The monoisotopic (exact) mass is 344 g/mol. The molecule has 120 valence electrons. The summed E-state index contributed by atoms with van der Waals surface area (Å²) in [6.45, 7) is 0. The Labute approximate surface area is 140 Å². The Morgan fingerprint density at radius 2 is 1.96 bits per heavy atom. The second-order valence-corrected chi connectivity index (χ2v) is 5.06. The first-order chi connectivity index (χ1) is 11.5. The second-order valence-electron chi connectivity index (χ2n) is 4.65.